The van der Waals surface area contributed by atoms with Gasteiger partial charge in [0.1, 0.15) is 0 Å². The molecule has 0 saturated heterocycles. The molecule has 1 heterocycles. The maximum atomic E-state index is 5.35. The van der Waals surface area contributed by atoms with Gasteiger partial charge in [-0.2, -0.15) is 0 Å². The van der Waals surface area contributed by atoms with E-state index >= 15 is 0 Å². The van der Waals surface area contributed by atoms with Crippen LogP contribution in [0.25, 0.3) is 0 Å². The van der Waals surface area contributed by atoms with E-state index in [-0.39, 0.29) is 0 Å². The molecular weight excluding hydrogens is 228 g/mol. The van der Waals surface area contributed by atoms with Gasteiger partial charge in [-0.25, -0.2) is 0 Å². The number of fused-ring (bicyclic) bond motifs is 1. The van der Waals surface area contributed by atoms with Crippen molar-refractivity contribution in [2.24, 2.45) is 5.92 Å². The van der Waals surface area contributed by atoms with Crippen LogP contribution in [0.4, 0.5) is 11.4 Å². The number of ether oxygens (including phenoxy) is 2. The van der Waals surface area contributed by atoms with Gasteiger partial charge < -0.3 is 19.7 Å². The van der Waals surface area contributed by atoms with Crippen molar-refractivity contribution in [2.45, 2.75) is 19.9 Å². The van der Waals surface area contributed by atoms with Crippen LogP contribution in [-0.2, 0) is 0 Å². The third-order valence-corrected chi connectivity index (χ3v) is 3.53. The molecule has 1 aliphatic heterocycles. The molecule has 4 heteroatoms. The van der Waals surface area contributed by atoms with Gasteiger partial charge in [0, 0.05) is 31.8 Å². The monoisotopic (exact) mass is 250 g/mol. The summed E-state index contributed by atoms with van der Waals surface area (Å²) in [5.41, 5.74) is 2.27. The minimum atomic E-state index is 0.459. The molecule has 0 bridgehead atoms. The fraction of sp³-hybridized carbons (Fsp3) is 0.571. The fourth-order valence-electron chi connectivity index (χ4n) is 2.32. The molecular formula is C14H22N2O2. The SMILES string of the molecule is COc1cc2c(cc1OC)N(C)CC(C(C)C)N2. The molecule has 4 nitrogen and oxygen atoms in total. The second kappa shape index (κ2) is 4.96. The van der Waals surface area contributed by atoms with Crippen molar-refractivity contribution in [3.05, 3.63) is 12.1 Å². The number of rotatable bonds is 3. The smallest absolute Gasteiger partial charge is 0.162 e. The maximum absolute atomic E-state index is 5.35. The Kier molecular flexibility index (Phi) is 3.55. The molecule has 1 aromatic carbocycles. The Morgan fingerprint density at radius 1 is 1.22 bits per heavy atom. The predicted molar refractivity (Wildman–Crippen MR) is 75.1 cm³/mol. The van der Waals surface area contributed by atoms with Gasteiger partial charge >= 0.3 is 0 Å². The Hall–Kier alpha value is -1.58. The second-order valence-corrected chi connectivity index (χ2v) is 5.10. The summed E-state index contributed by atoms with van der Waals surface area (Å²) in [5.74, 6) is 2.13. The molecule has 2 rings (SSSR count). The van der Waals surface area contributed by atoms with E-state index in [4.69, 9.17) is 9.47 Å². The van der Waals surface area contributed by atoms with Gasteiger partial charge in [-0.1, -0.05) is 13.8 Å². The Morgan fingerprint density at radius 2 is 1.83 bits per heavy atom. The van der Waals surface area contributed by atoms with E-state index in [2.05, 4.69) is 31.1 Å². The quantitative estimate of drug-likeness (QED) is 0.894. The summed E-state index contributed by atoms with van der Waals surface area (Å²) in [6, 6.07) is 4.50. The van der Waals surface area contributed by atoms with Gasteiger partial charge in [0.05, 0.1) is 25.6 Å². The zero-order valence-corrected chi connectivity index (χ0v) is 11.8. The minimum absolute atomic E-state index is 0.459. The van der Waals surface area contributed by atoms with Crippen molar-refractivity contribution in [1.82, 2.24) is 0 Å². The van der Waals surface area contributed by atoms with Crippen LogP contribution >= 0.6 is 0 Å². The minimum Gasteiger partial charge on any atom is -0.493 e. The number of hydrogen-bond donors (Lipinski definition) is 1. The molecule has 0 fully saturated rings. The standard InChI is InChI=1S/C14H22N2O2/c1-9(2)11-8-16(3)12-7-14(18-5)13(17-4)6-10(12)15-11/h6-7,9,11,15H,8H2,1-5H3. The number of benzene rings is 1. The Labute approximate surface area is 109 Å². The summed E-state index contributed by atoms with van der Waals surface area (Å²) in [6.07, 6.45) is 0. The number of anilines is 2. The summed E-state index contributed by atoms with van der Waals surface area (Å²) in [4.78, 5) is 2.26. The van der Waals surface area contributed by atoms with Crippen LogP contribution < -0.4 is 19.7 Å². The first-order chi connectivity index (χ1) is 8.56. The van der Waals surface area contributed by atoms with Crippen molar-refractivity contribution < 1.29 is 9.47 Å². The molecule has 100 valence electrons. The van der Waals surface area contributed by atoms with Crippen molar-refractivity contribution >= 4 is 11.4 Å². The number of nitrogens with zero attached hydrogens (tertiary/aromatic N) is 1. The van der Waals surface area contributed by atoms with Crippen LogP contribution in [0.3, 0.4) is 0 Å². The highest BCUT2D eigenvalue weighted by Crippen LogP contribution is 2.40. The van der Waals surface area contributed by atoms with E-state index in [1.807, 2.05) is 12.1 Å². The van der Waals surface area contributed by atoms with Crippen molar-refractivity contribution in [2.75, 3.05) is 38.0 Å². The maximum Gasteiger partial charge on any atom is 0.162 e. The lowest BCUT2D eigenvalue weighted by atomic mass is 10.00. The fourth-order valence-corrected chi connectivity index (χ4v) is 2.32. The number of likely N-dealkylation sites (N-methyl/N-ethyl adjacent to an activating group) is 1. The van der Waals surface area contributed by atoms with Crippen molar-refractivity contribution in [3.8, 4) is 11.5 Å². The van der Waals surface area contributed by atoms with E-state index < -0.39 is 0 Å². The first-order valence-corrected chi connectivity index (χ1v) is 6.30. The summed E-state index contributed by atoms with van der Waals surface area (Å²) in [5, 5.41) is 3.58. The van der Waals surface area contributed by atoms with Crippen LogP contribution in [0.2, 0.25) is 0 Å². The highest BCUT2D eigenvalue weighted by atomic mass is 16.5. The number of nitrogens with one attached hydrogen (secondary N) is 1. The summed E-state index contributed by atoms with van der Waals surface area (Å²) in [6.45, 7) is 5.47. The third kappa shape index (κ3) is 2.19. The van der Waals surface area contributed by atoms with Gasteiger partial charge in [-0.15, -0.1) is 0 Å². The van der Waals surface area contributed by atoms with Crippen molar-refractivity contribution in [3.63, 3.8) is 0 Å². The predicted octanol–water partition coefficient (Wildman–Crippen LogP) is 2.59. The van der Waals surface area contributed by atoms with E-state index in [1.165, 1.54) is 0 Å². The first kappa shape index (κ1) is 12.9. The average molecular weight is 250 g/mol. The highest BCUT2D eigenvalue weighted by Gasteiger charge is 2.25. The molecule has 1 unspecified atom stereocenters. The van der Waals surface area contributed by atoms with Crippen LogP contribution in [-0.4, -0.2) is 33.9 Å². The van der Waals surface area contributed by atoms with Crippen LogP contribution in [0.1, 0.15) is 13.8 Å². The molecule has 0 saturated carbocycles. The van der Waals surface area contributed by atoms with E-state index in [1.54, 1.807) is 14.2 Å². The topological polar surface area (TPSA) is 33.7 Å². The normalized spacial score (nSPS) is 18.3. The first-order valence-electron chi connectivity index (χ1n) is 6.30. The molecule has 18 heavy (non-hydrogen) atoms. The second-order valence-electron chi connectivity index (χ2n) is 5.10. The zero-order valence-electron chi connectivity index (χ0n) is 11.8. The molecule has 0 spiro atoms. The Balaban J connectivity index is 2.40. The lowest BCUT2D eigenvalue weighted by Crippen LogP contribution is -2.42. The van der Waals surface area contributed by atoms with Crippen LogP contribution in [0, 0.1) is 5.92 Å². The molecule has 0 radical (unpaired) electrons. The van der Waals surface area contributed by atoms with E-state index in [0.717, 1.165) is 29.4 Å². The molecule has 1 N–H and O–H groups in total. The molecule has 0 aliphatic carbocycles. The van der Waals surface area contributed by atoms with Gasteiger partial charge in [-0.3, -0.25) is 0 Å². The van der Waals surface area contributed by atoms with Gasteiger partial charge in [0.25, 0.3) is 0 Å². The molecule has 1 aromatic rings. The third-order valence-electron chi connectivity index (χ3n) is 3.53. The molecule has 0 amide bonds. The Morgan fingerprint density at radius 3 is 2.39 bits per heavy atom. The highest BCUT2D eigenvalue weighted by molar-refractivity contribution is 5.77. The summed E-state index contributed by atoms with van der Waals surface area (Å²) >= 11 is 0. The average Bonchev–Trinajstić information content (AvgIpc) is 2.36. The van der Waals surface area contributed by atoms with Crippen LogP contribution in [0.15, 0.2) is 12.1 Å². The molecule has 0 aromatic heterocycles. The summed E-state index contributed by atoms with van der Waals surface area (Å²) in [7, 11) is 5.44. The van der Waals surface area contributed by atoms with Gasteiger partial charge in [0.15, 0.2) is 11.5 Å². The van der Waals surface area contributed by atoms with Crippen molar-refractivity contribution in [1.29, 1.82) is 0 Å². The lowest BCUT2D eigenvalue weighted by Gasteiger charge is -2.37. The van der Waals surface area contributed by atoms with Gasteiger partial charge in [0.2, 0.25) is 0 Å². The molecule has 1 aliphatic rings. The Bertz CT molecular complexity index is 432. The van der Waals surface area contributed by atoms with E-state index in [9.17, 15) is 0 Å². The zero-order chi connectivity index (χ0) is 13.3. The van der Waals surface area contributed by atoms with E-state index in [0.29, 0.717) is 12.0 Å². The molecule has 1 atom stereocenters. The number of hydrogen-bond acceptors (Lipinski definition) is 4. The largest absolute Gasteiger partial charge is 0.493 e. The summed E-state index contributed by atoms with van der Waals surface area (Å²) < 4.78 is 10.7. The lowest BCUT2D eigenvalue weighted by molar-refractivity contribution is 0.355. The van der Waals surface area contributed by atoms with Gasteiger partial charge in [-0.05, 0) is 5.92 Å². The van der Waals surface area contributed by atoms with Crippen LogP contribution in [0.5, 0.6) is 11.5 Å². The number of methoxy groups -OCH3 is 2.